The first-order chi connectivity index (χ1) is 11.9. The van der Waals surface area contributed by atoms with Gasteiger partial charge in [0.25, 0.3) is 0 Å². The molecule has 2 atom stereocenters. The topological polar surface area (TPSA) is 52.7 Å². The Kier molecular flexibility index (Phi) is 5.00. The summed E-state index contributed by atoms with van der Waals surface area (Å²) in [5, 5.41) is 2.98. The van der Waals surface area contributed by atoms with E-state index in [1.807, 2.05) is 24.3 Å². The maximum absolute atomic E-state index is 12.7. The van der Waals surface area contributed by atoms with Gasteiger partial charge in [0.15, 0.2) is 0 Å². The van der Waals surface area contributed by atoms with E-state index in [1.165, 1.54) is 0 Å². The van der Waals surface area contributed by atoms with Gasteiger partial charge in [-0.2, -0.15) is 0 Å². The highest BCUT2D eigenvalue weighted by Crippen LogP contribution is 2.47. The van der Waals surface area contributed by atoms with Crippen LogP contribution in [-0.4, -0.2) is 46.0 Å². The third-order valence-corrected chi connectivity index (χ3v) is 6.68. The molecule has 2 amide bonds. The third-order valence-electron chi connectivity index (χ3n) is 5.18. The quantitative estimate of drug-likeness (QED) is 0.874. The average molecular weight is 362 g/mol. The summed E-state index contributed by atoms with van der Waals surface area (Å²) in [6, 6.07) is 8.00. The minimum Gasteiger partial charge on any atom is -0.369 e. The van der Waals surface area contributed by atoms with Crippen molar-refractivity contribution in [1.29, 1.82) is 0 Å². The molecular weight excluding hydrogens is 334 g/mol. The van der Waals surface area contributed by atoms with Crippen molar-refractivity contribution in [1.82, 2.24) is 4.90 Å². The molecule has 25 heavy (non-hydrogen) atoms. The SMILES string of the molecule is CCN(c1ccc(NC(=O)C2CSC3(C)CCC(=O)N23)cc1)C(C)C. The zero-order chi connectivity index (χ0) is 18.2. The second-order valence-corrected chi connectivity index (χ2v) is 8.68. The van der Waals surface area contributed by atoms with Gasteiger partial charge in [-0.25, -0.2) is 0 Å². The summed E-state index contributed by atoms with van der Waals surface area (Å²) >= 11 is 1.72. The molecule has 0 aliphatic carbocycles. The minimum atomic E-state index is -0.368. The monoisotopic (exact) mass is 361 g/mol. The number of fused-ring (bicyclic) bond motifs is 1. The Morgan fingerprint density at radius 3 is 2.68 bits per heavy atom. The largest absolute Gasteiger partial charge is 0.369 e. The molecule has 0 aromatic heterocycles. The maximum Gasteiger partial charge on any atom is 0.248 e. The number of hydrogen-bond donors (Lipinski definition) is 1. The van der Waals surface area contributed by atoms with Gasteiger partial charge in [-0.15, -0.1) is 11.8 Å². The zero-order valence-corrected chi connectivity index (χ0v) is 16.2. The van der Waals surface area contributed by atoms with E-state index in [4.69, 9.17) is 0 Å². The van der Waals surface area contributed by atoms with Gasteiger partial charge in [-0.3, -0.25) is 9.59 Å². The first kappa shape index (κ1) is 18.1. The average Bonchev–Trinajstić information content (AvgIpc) is 3.06. The Hall–Kier alpha value is -1.69. The molecule has 2 heterocycles. The fraction of sp³-hybridized carbons (Fsp3) is 0.579. The third kappa shape index (κ3) is 3.36. The molecule has 3 rings (SSSR count). The van der Waals surface area contributed by atoms with Crippen molar-refractivity contribution in [2.45, 2.75) is 57.5 Å². The summed E-state index contributed by atoms with van der Waals surface area (Å²) in [7, 11) is 0. The number of hydrogen-bond acceptors (Lipinski definition) is 4. The molecule has 0 saturated carbocycles. The van der Waals surface area contributed by atoms with Crippen LogP contribution in [0.4, 0.5) is 11.4 Å². The van der Waals surface area contributed by atoms with Gasteiger partial charge in [0.2, 0.25) is 11.8 Å². The molecule has 2 unspecified atom stereocenters. The second-order valence-electron chi connectivity index (χ2n) is 7.18. The number of rotatable bonds is 5. The summed E-state index contributed by atoms with van der Waals surface area (Å²) in [5.74, 6) is 0.678. The predicted molar refractivity (Wildman–Crippen MR) is 104 cm³/mol. The van der Waals surface area contributed by atoms with E-state index in [2.05, 4.69) is 37.9 Å². The van der Waals surface area contributed by atoms with Gasteiger partial charge in [0.1, 0.15) is 6.04 Å². The van der Waals surface area contributed by atoms with Gasteiger partial charge >= 0.3 is 0 Å². The molecule has 2 aliphatic rings. The highest BCUT2D eigenvalue weighted by atomic mass is 32.2. The van der Waals surface area contributed by atoms with E-state index < -0.39 is 0 Å². The molecule has 5 nitrogen and oxygen atoms in total. The van der Waals surface area contributed by atoms with Gasteiger partial charge in [-0.1, -0.05) is 0 Å². The van der Waals surface area contributed by atoms with Gasteiger partial charge < -0.3 is 15.1 Å². The highest BCUT2D eigenvalue weighted by molar-refractivity contribution is 8.01. The number of carbonyl (C=O) groups excluding carboxylic acids is 2. The van der Waals surface area contributed by atoms with Crippen LogP contribution in [0.15, 0.2) is 24.3 Å². The molecule has 0 radical (unpaired) electrons. The smallest absolute Gasteiger partial charge is 0.248 e. The van der Waals surface area contributed by atoms with Crippen molar-refractivity contribution in [3.8, 4) is 0 Å². The molecule has 1 aromatic carbocycles. The molecule has 6 heteroatoms. The van der Waals surface area contributed by atoms with E-state index in [-0.39, 0.29) is 22.7 Å². The van der Waals surface area contributed by atoms with Crippen LogP contribution in [0.3, 0.4) is 0 Å². The van der Waals surface area contributed by atoms with Crippen molar-refractivity contribution >= 4 is 35.0 Å². The van der Waals surface area contributed by atoms with Crippen LogP contribution in [-0.2, 0) is 9.59 Å². The van der Waals surface area contributed by atoms with E-state index in [0.29, 0.717) is 18.2 Å². The van der Waals surface area contributed by atoms with E-state index in [1.54, 1.807) is 16.7 Å². The first-order valence-electron chi connectivity index (χ1n) is 8.99. The summed E-state index contributed by atoms with van der Waals surface area (Å²) < 4.78 is 0. The van der Waals surface area contributed by atoms with Crippen LogP contribution >= 0.6 is 11.8 Å². The lowest BCUT2D eigenvalue weighted by Gasteiger charge is -2.30. The molecular formula is C19H27N3O2S. The lowest BCUT2D eigenvalue weighted by molar-refractivity contribution is -0.135. The van der Waals surface area contributed by atoms with Crippen LogP contribution < -0.4 is 10.2 Å². The summed E-state index contributed by atoms with van der Waals surface area (Å²) in [6.45, 7) is 9.48. The molecule has 2 saturated heterocycles. The van der Waals surface area contributed by atoms with E-state index in [0.717, 1.165) is 24.3 Å². The number of nitrogens with one attached hydrogen (secondary N) is 1. The standard InChI is InChI=1S/C19H27N3O2S/c1-5-21(13(2)3)15-8-6-14(7-9-15)20-18(24)16-12-25-19(4)11-10-17(23)22(16)19/h6-9,13,16H,5,10-12H2,1-4H3,(H,20,24). The van der Waals surface area contributed by atoms with Crippen molar-refractivity contribution < 1.29 is 9.59 Å². The summed E-state index contributed by atoms with van der Waals surface area (Å²) in [4.78, 5) is 28.8. The second kappa shape index (κ2) is 6.90. The molecule has 2 fully saturated rings. The number of benzene rings is 1. The Bertz CT molecular complexity index is 661. The van der Waals surface area contributed by atoms with Crippen LogP contribution in [0.1, 0.15) is 40.5 Å². The van der Waals surface area contributed by atoms with Crippen LogP contribution in [0, 0.1) is 0 Å². The Balaban J connectivity index is 1.68. The summed E-state index contributed by atoms with van der Waals surface area (Å²) in [6.07, 6.45) is 1.38. The van der Waals surface area contributed by atoms with Crippen LogP contribution in [0.2, 0.25) is 0 Å². The molecule has 2 aliphatic heterocycles. The number of carbonyl (C=O) groups is 2. The number of nitrogens with zero attached hydrogens (tertiary/aromatic N) is 2. The van der Waals surface area contributed by atoms with Gasteiger partial charge in [0, 0.05) is 36.1 Å². The van der Waals surface area contributed by atoms with Crippen LogP contribution in [0.5, 0.6) is 0 Å². The molecule has 136 valence electrons. The summed E-state index contributed by atoms with van der Waals surface area (Å²) in [5.41, 5.74) is 1.92. The molecule has 1 N–H and O–H groups in total. The zero-order valence-electron chi connectivity index (χ0n) is 15.4. The van der Waals surface area contributed by atoms with Crippen molar-refractivity contribution in [3.63, 3.8) is 0 Å². The molecule has 0 bridgehead atoms. The van der Waals surface area contributed by atoms with E-state index in [9.17, 15) is 9.59 Å². The first-order valence-corrected chi connectivity index (χ1v) is 9.98. The predicted octanol–water partition coefficient (Wildman–Crippen LogP) is 3.31. The fourth-order valence-corrected chi connectivity index (χ4v) is 5.25. The Morgan fingerprint density at radius 2 is 2.08 bits per heavy atom. The van der Waals surface area contributed by atoms with Gasteiger partial charge in [-0.05, 0) is 58.4 Å². The normalized spacial score (nSPS) is 25.4. The number of amides is 2. The number of thioether (sulfide) groups is 1. The Morgan fingerprint density at radius 1 is 1.40 bits per heavy atom. The van der Waals surface area contributed by atoms with Crippen LogP contribution in [0.25, 0.3) is 0 Å². The Labute approximate surface area is 154 Å². The number of anilines is 2. The van der Waals surface area contributed by atoms with Gasteiger partial charge in [0.05, 0.1) is 4.87 Å². The minimum absolute atomic E-state index is 0.0876. The lowest BCUT2D eigenvalue weighted by Crippen LogP contribution is -2.48. The molecule has 1 aromatic rings. The van der Waals surface area contributed by atoms with Crippen molar-refractivity contribution in [2.24, 2.45) is 0 Å². The van der Waals surface area contributed by atoms with E-state index >= 15 is 0 Å². The fourth-order valence-electron chi connectivity index (χ4n) is 3.82. The lowest BCUT2D eigenvalue weighted by atomic mass is 10.2. The molecule has 0 spiro atoms. The van der Waals surface area contributed by atoms with Crippen molar-refractivity contribution in [3.05, 3.63) is 24.3 Å². The van der Waals surface area contributed by atoms with Crippen molar-refractivity contribution in [2.75, 3.05) is 22.5 Å². The maximum atomic E-state index is 12.7. The highest BCUT2D eigenvalue weighted by Gasteiger charge is 2.52.